The van der Waals surface area contributed by atoms with Crippen molar-refractivity contribution >= 4 is 47.1 Å². The number of ketones is 1. The highest BCUT2D eigenvalue weighted by molar-refractivity contribution is 7.80. The molecule has 5 nitrogen and oxygen atoms in total. The van der Waals surface area contributed by atoms with Gasteiger partial charge in [-0.3, -0.25) is 9.59 Å². The Morgan fingerprint density at radius 3 is 2.77 bits per heavy atom. The zero-order chi connectivity index (χ0) is 18.9. The Morgan fingerprint density at radius 2 is 2.12 bits per heavy atom. The third-order valence-electron chi connectivity index (χ3n) is 3.74. The van der Waals surface area contributed by atoms with Crippen LogP contribution in [0.1, 0.15) is 37.2 Å². The molecule has 0 unspecified atom stereocenters. The molecule has 0 radical (unpaired) electrons. The van der Waals surface area contributed by atoms with Crippen LogP contribution in [0, 0.1) is 11.8 Å². The summed E-state index contributed by atoms with van der Waals surface area (Å²) in [5, 5.41) is 4.33. The van der Waals surface area contributed by atoms with Crippen LogP contribution in [0.4, 0.5) is 0 Å². The van der Waals surface area contributed by atoms with Gasteiger partial charge in [0, 0.05) is 17.2 Å². The van der Waals surface area contributed by atoms with Crippen molar-refractivity contribution in [1.82, 2.24) is 9.97 Å². The van der Waals surface area contributed by atoms with Crippen molar-refractivity contribution in [1.29, 1.82) is 0 Å². The number of hydrogen-bond acceptors (Lipinski definition) is 8. The van der Waals surface area contributed by atoms with Crippen molar-refractivity contribution in [2.45, 2.75) is 26.7 Å². The predicted molar refractivity (Wildman–Crippen MR) is 109 cm³/mol. The van der Waals surface area contributed by atoms with Crippen molar-refractivity contribution in [3.05, 3.63) is 34.1 Å². The van der Waals surface area contributed by atoms with Gasteiger partial charge in [-0.1, -0.05) is 26.0 Å². The van der Waals surface area contributed by atoms with Crippen molar-refractivity contribution in [3.8, 4) is 10.7 Å². The molecule has 0 aliphatic rings. The molecular formula is C18H22N2O3S3. The molecule has 0 saturated carbocycles. The van der Waals surface area contributed by atoms with Crippen LogP contribution in [-0.4, -0.2) is 34.1 Å². The maximum atomic E-state index is 12.6. The second-order valence-corrected chi connectivity index (χ2v) is 8.03. The van der Waals surface area contributed by atoms with Crippen LogP contribution in [0.15, 0.2) is 28.4 Å². The lowest BCUT2D eigenvalue weighted by Crippen LogP contribution is -2.26. The zero-order valence-corrected chi connectivity index (χ0v) is 17.3. The SMILES string of the molecule is CC(C)[C@H](CC(=O)c1csc(-c2cscn2)n1)C(=O)OC/C=C/CCS. The molecule has 140 valence electrons. The number of nitrogens with zero attached hydrogens (tertiary/aromatic N) is 2. The number of thiol groups is 1. The lowest BCUT2D eigenvalue weighted by atomic mass is 9.90. The molecular weight excluding hydrogens is 388 g/mol. The molecule has 2 aromatic rings. The Kier molecular flexibility index (Phi) is 8.47. The number of Topliss-reactive ketones (excluding diaryl/α,β-unsaturated/α-hetero) is 1. The van der Waals surface area contributed by atoms with E-state index in [2.05, 4.69) is 22.6 Å². The average Bonchev–Trinajstić information content (AvgIpc) is 3.29. The van der Waals surface area contributed by atoms with E-state index in [4.69, 9.17) is 4.74 Å². The fourth-order valence-corrected chi connectivity index (χ4v) is 3.78. The van der Waals surface area contributed by atoms with E-state index in [9.17, 15) is 9.59 Å². The lowest BCUT2D eigenvalue weighted by molar-refractivity contribution is -0.148. The summed E-state index contributed by atoms with van der Waals surface area (Å²) < 4.78 is 5.28. The summed E-state index contributed by atoms with van der Waals surface area (Å²) in [4.78, 5) is 33.4. The largest absolute Gasteiger partial charge is 0.461 e. The molecule has 0 N–H and O–H groups in total. The van der Waals surface area contributed by atoms with Crippen LogP contribution in [-0.2, 0) is 9.53 Å². The van der Waals surface area contributed by atoms with Gasteiger partial charge in [0.1, 0.15) is 23.0 Å². The van der Waals surface area contributed by atoms with Gasteiger partial charge in [0.2, 0.25) is 0 Å². The highest BCUT2D eigenvalue weighted by Gasteiger charge is 2.28. The fourth-order valence-electron chi connectivity index (χ4n) is 2.23. The van der Waals surface area contributed by atoms with Gasteiger partial charge in [-0.15, -0.1) is 22.7 Å². The molecule has 0 amide bonds. The summed E-state index contributed by atoms with van der Waals surface area (Å²) in [7, 11) is 0. The molecule has 0 aromatic carbocycles. The highest BCUT2D eigenvalue weighted by Crippen LogP contribution is 2.26. The average molecular weight is 411 g/mol. The van der Waals surface area contributed by atoms with Crippen LogP contribution >= 0.6 is 35.3 Å². The van der Waals surface area contributed by atoms with Gasteiger partial charge in [0.05, 0.1) is 11.4 Å². The number of allylic oxidation sites excluding steroid dienone is 1. The molecule has 26 heavy (non-hydrogen) atoms. The van der Waals surface area contributed by atoms with Crippen LogP contribution < -0.4 is 0 Å². The highest BCUT2D eigenvalue weighted by atomic mass is 32.1. The van der Waals surface area contributed by atoms with E-state index in [1.165, 1.54) is 22.7 Å². The maximum Gasteiger partial charge on any atom is 0.309 e. The Bertz CT molecular complexity index is 739. The maximum absolute atomic E-state index is 12.6. The van der Waals surface area contributed by atoms with Gasteiger partial charge >= 0.3 is 5.97 Å². The smallest absolute Gasteiger partial charge is 0.309 e. The number of thiazole rings is 2. The Hall–Kier alpha value is -1.51. The Labute approximate surface area is 166 Å². The molecule has 0 aliphatic carbocycles. The van der Waals surface area contributed by atoms with Gasteiger partial charge in [-0.2, -0.15) is 12.6 Å². The van der Waals surface area contributed by atoms with Gasteiger partial charge in [-0.25, -0.2) is 9.97 Å². The second-order valence-electron chi connectivity index (χ2n) is 6.00. The number of esters is 1. The molecule has 0 spiro atoms. The van der Waals surface area contributed by atoms with E-state index in [-0.39, 0.29) is 30.7 Å². The van der Waals surface area contributed by atoms with Gasteiger partial charge in [0.15, 0.2) is 5.78 Å². The summed E-state index contributed by atoms with van der Waals surface area (Å²) >= 11 is 6.98. The molecule has 2 heterocycles. The standard InChI is InChI=1S/C18H22N2O3S3/c1-12(2)13(18(22)23-6-4-3-5-7-24)8-16(21)14-10-26-17(20-14)15-9-25-11-19-15/h3-4,9-13,24H,5-8H2,1-2H3/b4-3+/t13-/m0/s1. The van der Waals surface area contributed by atoms with Crippen LogP contribution in [0.25, 0.3) is 10.7 Å². The van der Waals surface area contributed by atoms with Gasteiger partial charge in [0.25, 0.3) is 0 Å². The Morgan fingerprint density at radius 1 is 1.31 bits per heavy atom. The van der Waals surface area contributed by atoms with E-state index < -0.39 is 5.92 Å². The van der Waals surface area contributed by atoms with Crippen molar-refractivity contribution in [2.24, 2.45) is 11.8 Å². The lowest BCUT2D eigenvalue weighted by Gasteiger charge is -2.17. The number of hydrogen-bond donors (Lipinski definition) is 1. The van der Waals surface area contributed by atoms with Gasteiger partial charge in [-0.05, 0) is 18.1 Å². The summed E-state index contributed by atoms with van der Waals surface area (Å²) in [5.74, 6) is -0.220. The minimum absolute atomic E-state index is 0.00418. The monoisotopic (exact) mass is 410 g/mol. The molecule has 2 rings (SSSR count). The quantitative estimate of drug-likeness (QED) is 0.270. The number of aromatic nitrogens is 2. The third kappa shape index (κ3) is 6.03. The van der Waals surface area contributed by atoms with Crippen molar-refractivity contribution < 1.29 is 14.3 Å². The van der Waals surface area contributed by atoms with Crippen molar-refractivity contribution in [3.63, 3.8) is 0 Å². The Balaban J connectivity index is 1.96. The van der Waals surface area contributed by atoms with E-state index in [1.807, 2.05) is 25.3 Å². The molecule has 2 aromatic heterocycles. The summed E-state index contributed by atoms with van der Waals surface area (Å²) in [5.41, 5.74) is 2.88. The molecule has 1 atom stereocenters. The van der Waals surface area contributed by atoms with Crippen LogP contribution in [0.3, 0.4) is 0 Å². The predicted octanol–water partition coefficient (Wildman–Crippen LogP) is 4.53. The first-order valence-electron chi connectivity index (χ1n) is 8.32. The molecule has 0 aliphatic heterocycles. The molecule has 0 bridgehead atoms. The second kappa shape index (κ2) is 10.6. The fraction of sp³-hybridized carbons (Fsp3) is 0.444. The molecule has 0 saturated heterocycles. The number of carbonyl (C=O) groups is 2. The van der Waals surface area contributed by atoms with Gasteiger partial charge < -0.3 is 4.74 Å². The van der Waals surface area contributed by atoms with E-state index in [0.29, 0.717) is 10.7 Å². The minimum Gasteiger partial charge on any atom is -0.461 e. The number of rotatable bonds is 10. The summed E-state index contributed by atoms with van der Waals surface area (Å²) in [6, 6.07) is 0. The first-order chi connectivity index (χ1) is 12.5. The third-order valence-corrected chi connectivity index (χ3v) is 5.45. The minimum atomic E-state index is -0.481. The topological polar surface area (TPSA) is 69.2 Å². The summed E-state index contributed by atoms with van der Waals surface area (Å²) in [6.07, 6.45) is 4.65. The van der Waals surface area contributed by atoms with E-state index in [1.54, 1.807) is 17.0 Å². The molecule has 0 fully saturated rings. The van der Waals surface area contributed by atoms with Crippen molar-refractivity contribution in [2.75, 3.05) is 12.4 Å². The molecule has 8 heteroatoms. The van der Waals surface area contributed by atoms with Crippen LogP contribution in [0.5, 0.6) is 0 Å². The van der Waals surface area contributed by atoms with E-state index in [0.717, 1.165) is 17.9 Å². The number of ether oxygens (including phenoxy) is 1. The normalized spacial score (nSPS) is 12.6. The zero-order valence-electron chi connectivity index (χ0n) is 14.8. The summed E-state index contributed by atoms with van der Waals surface area (Å²) in [6.45, 7) is 4.05. The first kappa shape index (κ1) is 20.8. The van der Waals surface area contributed by atoms with Crippen LogP contribution in [0.2, 0.25) is 0 Å². The number of carbonyl (C=O) groups excluding carboxylic acids is 2. The van der Waals surface area contributed by atoms with E-state index >= 15 is 0 Å². The first-order valence-corrected chi connectivity index (χ1v) is 10.8.